The third-order valence-electron chi connectivity index (χ3n) is 6.42. The first-order valence-electron chi connectivity index (χ1n) is 12.3. The van der Waals surface area contributed by atoms with Gasteiger partial charge in [0.1, 0.15) is 23.2 Å². The van der Waals surface area contributed by atoms with Crippen LogP contribution in [0.25, 0.3) is 45.1 Å². The summed E-state index contributed by atoms with van der Waals surface area (Å²) < 4.78 is 65.1. The molecule has 0 saturated heterocycles. The molecule has 0 saturated carbocycles. The van der Waals surface area contributed by atoms with Crippen molar-refractivity contribution in [3.8, 4) is 34.0 Å². The minimum Gasteiger partial charge on any atom is -0.435 e. The van der Waals surface area contributed by atoms with E-state index in [-0.39, 0.29) is 35.6 Å². The number of aliphatic hydroxyl groups excluding tert-OH is 1. The number of nitrogens with one attached hydrogen (secondary N) is 1. The third kappa shape index (κ3) is 5.27. The molecule has 0 bridgehead atoms. The fraction of sp³-hybridized carbons (Fsp3) is 0.250. The Hall–Kier alpha value is -4.09. The molecule has 2 heterocycles. The lowest BCUT2D eigenvalue weighted by Gasteiger charge is -2.14. The number of aryl methyl sites for hydroxylation is 1. The van der Waals surface area contributed by atoms with Crippen LogP contribution in [0.1, 0.15) is 24.5 Å². The number of nitrogens with zero attached hydrogens (tertiary/aromatic N) is 4. The lowest BCUT2D eigenvalue weighted by molar-refractivity contribution is -0.136. The Kier molecular flexibility index (Phi) is 7.19. The van der Waals surface area contributed by atoms with Gasteiger partial charge in [-0.1, -0.05) is 43.3 Å². The van der Waals surface area contributed by atoms with E-state index in [1.165, 1.54) is 18.5 Å². The summed E-state index contributed by atoms with van der Waals surface area (Å²) in [5.74, 6) is -0.750. The number of oxazole rings is 1. The van der Waals surface area contributed by atoms with Gasteiger partial charge >= 0.3 is 6.18 Å². The van der Waals surface area contributed by atoms with Gasteiger partial charge in [0, 0.05) is 25.7 Å². The zero-order chi connectivity index (χ0) is 27.7. The van der Waals surface area contributed by atoms with Crippen LogP contribution >= 0.6 is 0 Å². The van der Waals surface area contributed by atoms with E-state index in [1.807, 2.05) is 30.3 Å². The first kappa shape index (κ1) is 26.5. The summed E-state index contributed by atoms with van der Waals surface area (Å²) in [6.45, 7) is 2.09. The molecule has 11 heteroatoms. The average molecular weight is 540 g/mol. The van der Waals surface area contributed by atoms with Gasteiger partial charge in [-0.3, -0.25) is 0 Å². The summed E-state index contributed by atoms with van der Waals surface area (Å²) in [6.07, 6.45) is -3.41. The highest BCUT2D eigenvalue weighted by atomic mass is 19.4. The second kappa shape index (κ2) is 10.6. The molecular weight excluding hydrogens is 514 g/mol. The number of fused-ring (bicyclic) bond motifs is 1. The van der Waals surface area contributed by atoms with E-state index >= 15 is 4.39 Å². The molecule has 0 aliphatic heterocycles. The van der Waals surface area contributed by atoms with Gasteiger partial charge in [0.05, 0.1) is 11.7 Å². The molecule has 0 fully saturated rings. The van der Waals surface area contributed by atoms with Crippen LogP contribution in [0.3, 0.4) is 0 Å². The Morgan fingerprint density at radius 1 is 1.08 bits per heavy atom. The highest BCUT2D eigenvalue weighted by Gasteiger charge is 2.36. The van der Waals surface area contributed by atoms with Crippen molar-refractivity contribution in [2.45, 2.75) is 32.2 Å². The normalized spacial score (nSPS) is 12.8. The molecule has 1 atom stereocenters. The van der Waals surface area contributed by atoms with Crippen molar-refractivity contribution in [1.82, 2.24) is 25.1 Å². The first-order chi connectivity index (χ1) is 18.7. The van der Waals surface area contributed by atoms with Crippen molar-refractivity contribution >= 4 is 11.1 Å². The Labute approximate surface area is 221 Å². The largest absolute Gasteiger partial charge is 0.435 e. The average Bonchev–Trinajstić information content (AvgIpc) is 3.53. The topological polar surface area (TPSA) is 89.0 Å². The molecule has 0 radical (unpaired) electrons. The van der Waals surface area contributed by atoms with Crippen LogP contribution in [0.5, 0.6) is 0 Å². The zero-order valence-electron chi connectivity index (χ0n) is 21.1. The molecule has 202 valence electrons. The number of hydrogen-bond donors (Lipinski definition) is 2. The summed E-state index contributed by atoms with van der Waals surface area (Å²) in [7, 11) is 1.68. The second-order valence-electron chi connectivity index (χ2n) is 9.18. The smallest absolute Gasteiger partial charge is 0.420 e. The van der Waals surface area contributed by atoms with Crippen molar-refractivity contribution in [1.29, 1.82) is 0 Å². The van der Waals surface area contributed by atoms with Crippen LogP contribution in [-0.4, -0.2) is 37.5 Å². The molecule has 2 N–H and O–H groups in total. The Morgan fingerprint density at radius 3 is 2.51 bits per heavy atom. The highest BCUT2D eigenvalue weighted by molar-refractivity contribution is 5.92. The quantitative estimate of drug-likeness (QED) is 0.236. The van der Waals surface area contributed by atoms with Gasteiger partial charge < -0.3 is 19.4 Å². The van der Waals surface area contributed by atoms with Gasteiger partial charge in [0.2, 0.25) is 5.89 Å². The molecule has 3 aromatic carbocycles. The Balaban J connectivity index is 1.71. The first-order valence-corrected chi connectivity index (χ1v) is 12.3. The van der Waals surface area contributed by atoms with E-state index in [1.54, 1.807) is 24.6 Å². The van der Waals surface area contributed by atoms with Gasteiger partial charge in [0.25, 0.3) is 0 Å². The zero-order valence-corrected chi connectivity index (χ0v) is 21.1. The molecule has 5 rings (SSSR count). The minimum atomic E-state index is -4.75. The number of halogens is 4. The minimum absolute atomic E-state index is 0.0684. The second-order valence-corrected chi connectivity index (χ2v) is 9.18. The van der Waals surface area contributed by atoms with Crippen molar-refractivity contribution in [3.05, 3.63) is 77.9 Å². The Bertz CT molecular complexity index is 1610. The van der Waals surface area contributed by atoms with E-state index in [2.05, 4.69) is 20.5 Å². The van der Waals surface area contributed by atoms with Gasteiger partial charge in [-0.05, 0) is 41.3 Å². The van der Waals surface area contributed by atoms with Crippen molar-refractivity contribution in [3.63, 3.8) is 0 Å². The molecule has 39 heavy (non-hydrogen) atoms. The molecule has 7 nitrogen and oxygen atoms in total. The van der Waals surface area contributed by atoms with Crippen molar-refractivity contribution in [2.75, 3.05) is 6.54 Å². The van der Waals surface area contributed by atoms with Crippen LogP contribution in [0.2, 0.25) is 0 Å². The van der Waals surface area contributed by atoms with E-state index < -0.39 is 29.2 Å². The summed E-state index contributed by atoms with van der Waals surface area (Å²) in [5, 5.41) is 20.8. The van der Waals surface area contributed by atoms with E-state index in [0.717, 1.165) is 11.6 Å². The van der Waals surface area contributed by atoms with Gasteiger partial charge in [-0.2, -0.15) is 13.2 Å². The van der Waals surface area contributed by atoms with Crippen molar-refractivity contribution in [2.24, 2.45) is 7.05 Å². The van der Waals surface area contributed by atoms with E-state index in [9.17, 15) is 18.3 Å². The molecule has 0 amide bonds. The van der Waals surface area contributed by atoms with Crippen LogP contribution < -0.4 is 5.32 Å². The molecule has 5 aromatic rings. The predicted molar refractivity (Wildman–Crippen MR) is 138 cm³/mol. The van der Waals surface area contributed by atoms with Crippen LogP contribution in [0.4, 0.5) is 17.6 Å². The highest BCUT2D eigenvalue weighted by Crippen LogP contribution is 2.43. The van der Waals surface area contributed by atoms with Crippen LogP contribution in [0.15, 0.2) is 65.3 Å². The third-order valence-corrected chi connectivity index (χ3v) is 6.42. The van der Waals surface area contributed by atoms with E-state index in [0.29, 0.717) is 23.4 Å². The van der Waals surface area contributed by atoms with Gasteiger partial charge in [-0.15, -0.1) is 10.2 Å². The summed E-state index contributed by atoms with van der Waals surface area (Å²) in [4.78, 5) is 4.33. The molecule has 0 aliphatic carbocycles. The van der Waals surface area contributed by atoms with E-state index in [4.69, 9.17) is 4.42 Å². The Morgan fingerprint density at radius 2 is 1.85 bits per heavy atom. The summed E-state index contributed by atoms with van der Waals surface area (Å²) >= 11 is 0. The van der Waals surface area contributed by atoms with Crippen LogP contribution in [0, 0.1) is 5.82 Å². The molecule has 0 unspecified atom stereocenters. The lowest BCUT2D eigenvalue weighted by Crippen LogP contribution is -2.25. The van der Waals surface area contributed by atoms with Gasteiger partial charge in [-0.25, -0.2) is 9.37 Å². The maximum Gasteiger partial charge on any atom is 0.420 e. The monoisotopic (exact) mass is 539 g/mol. The molecular formula is C28H25F4N5O2. The lowest BCUT2D eigenvalue weighted by atomic mass is 9.94. The fourth-order valence-corrected chi connectivity index (χ4v) is 4.42. The number of rotatable bonds is 8. The summed E-state index contributed by atoms with van der Waals surface area (Å²) in [6, 6.07) is 14.4. The molecule has 0 aliphatic rings. The maximum atomic E-state index is 15.6. The van der Waals surface area contributed by atoms with Gasteiger partial charge in [0.15, 0.2) is 11.4 Å². The molecule has 0 spiro atoms. The number of aliphatic hydroxyl groups is 1. The standard InChI is InChI=1S/C28H25F4N5O2/c1-3-18(38)14-33-13-16-11-20(28(30,31)32)25-22(12-16)35-27(39-25)24-21(29)10-9-19(17-7-5-4-6-8-17)23(24)26-36-34-15-37(26)2/h4-12,15,18,33,38H,3,13-14H2,1-2H3/t18-/m0/s1. The fourth-order valence-electron chi connectivity index (χ4n) is 4.42. The predicted octanol–water partition coefficient (Wildman–Crippen LogP) is 5.98. The van der Waals surface area contributed by atoms with Crippen LogP contribution in [-0.2, 0) is 19.8 Å². The maximum absolute atomic E-state index is 15.6. The molecule has 2 aromatic heterocycles. The van der Waals surface area contributed by atoms with Crippen molar-refractivity contribution < 1.29 is 27.1 Å². The SMILES string of the molecule is CC[C@H](O)CNCc1cc(C(F)(F)F)c2oc(-c3c(F)ccc(-c4ccccc4)c3-c3nncn3C)nc2c1. The number of benzene rings is 3. The number of hydrogen-bond acceptors (Lipinski definition) is 6. The summed E-state index contributed by atoms with van der Waals surface area (Å²) in [5.41, 5.74) is 0.201. The number of aromatic nitrogens is 4. The number of alkyl halides is 3.